The highest BCUT2D eigenvalue weighted by atomic mass is 19.4. The van der Waals surface area contributed by atoms with Gasteiger partial charge in [-0.15, -0.1) is 13.2 Å². The number of carbonyl (C=O) groups is 2. The van der Waals surface area contributed by atoms with Gasteiger partial charge in [-0.1, -0.05) is 6.07 Å². The molecule has 0 N–H and O–H groups in total. The van der Waals surface area contributed by atoms with Gasteiger partial charge in [0.1, 0.15) is 12.2 Å². The van der Waals surface area contributed by atoms with Crippen molar-refractivity contribution in [3.8, 4) is 5.75 Å². The molecule has 0 atom stereocenters. The predicted octanol–water partition coefficient (Wildman–Crippen LogP) is 3.18. The van der Waals surface area contributed by atoms with Crippen LogP contribution in [0.3, 0.4) is 0 Å². The molecule has 0 fully saturated rings. The molecule has 1 aromatic carbocycles. The number of halogens is 4. The van der Waals surface area contributed by atoms with Crippen LogP contribution in [-0.4, -0.2) is 24.7 Å². The minimum atomic E-state index is -4.97. The van der Waals surface area contributed by atoms with Crippen molar-refractivity contribution in [3.05, 3.63) is 29.6 Å². The van der Waals surface area contributed by atoms with Crippen LogP contribution in [0.15, 0.2) is 18.2 Å². The minimum absolute atomic E-state index is 0.0128. The second kappa shape index (κ2) is 7.77. The van der Waals surface area contributed by atoms with E-state index in [0.29, 0.717) is 12.0 Å². The molecule has 0 aromatic heterocycles. The third kappa shape index (κ3) is 7.05. The molecule has 0 saturated carbocycles. The highest BCUT2D eigenvalue weighted by molar-refractivity contribution is 5.94. The number of benzene rings is 1. The van der Waals surface area contributed by atoms with E-state index in [0.717, 1.165) is 12.1 Å². The molecule has 0 aliphatic rings. The van der Waals surface area contributed by atoms with Crippen LogP contribution in [0.2, 0.25) is 0 Å². The van der Waals surface area contributed by atoms with Crippen molar-refractivity contribution in [2.24, 2.45) is 0 Å². The maximum absolute atomic E-state index is 13.2. The van der Waals surface area contributed by atoms with Crippen LogP contribution < -0.4 is 4.74 Å². The first-order valence-electron chi connectivity index (χ1n) is 6.36. The Morgan fingerprint density at radius 3 is 2.50 bits per heavy atom. The predicted molar refractivity (Wildman–Crippen MR) is 67.7 cm³/mol. The summed E-state index contributed by atoms with van der Waals surface area (Å²) in [5, 5.41) is 0. The van der Waals surface area contributed by atoms with Gasteiger partial charge in [-0.2, -0.15) is 0 Å². The molecule has 1 aromatic rings. The summed E-state index contributed by atoms with van der Waals surface area (Å²) in [7, 11) is 0. The van der Waals surface area contributed by atoms with Gasteiger partial charge in [0.15, 0.2) is 11.6 Å². The van der Waals surface area contributed by atoms with Crippen LogP contribution in [0.4, 0.5) is 17.6 Å². The van der Waals surface area contributed by atoms with Crippen LogP contribution in [0.5, 0.6) is 5.75 Å². The van der Waals surface area contributed by atoms with Gasteiger partial charge in [-0.25, -0.2) is 4.39 Å². The summed E-state index contributed by atoms with van der Waals surface area (Å²) in [6.07, 6.45) is -4.70. The number of hydrogen-bond donors (Lipinski definition) is 0. The van der Waals surface area contributed by atoms with E-state index in [1.807, 2.05) is 0 Å². The van der Waals surface area contributed by atoms with Crippen LogP contribution in [0, 0.1) is 5.82 Å². The quantitative estimate of drug-likeness (QED) is 0.335. The van der Waals surface area contributed by atoms with E-state index in [2.05, 4.69) is 4.74 Å². The topological polar surface area (TPSA) is 52.6 Å². The van der Waals surface area contributed by atoms with Gasteiger partial charge in [-0.05, 0) is 37.5 Å². The molecule has 0 aliphatic carbocycles. The first-order valence-corrected chi connectivity index (χ1v) is 6.36. The summed E-state index contributed by atoms with van der Waals surface area (Å²) in [6, 6.07) is 3.13. The number of Topliss-reactive ketones (excluding diaryl/α,β-unsaturated/α-hetero) is 1. The summed E-state index contributed by atoms with van der Waals surface area (Å²) in [6.45, 7) is 1.26. The lowest BCUT2D eigenvalue weighted by Gasteiger charge is -2.11. The average molecular weight is 322 g/mol. The highest BCUT2D eigenvalue weighted by Crippen LogP contribution is 2.26. The number of hydrogen-bond acceptors (Lipinski definition) is 4. The van der Waals surface area contributed by atoms with E-state index in [4.69, 9.17) is 4.74 Å². The summed E-state index contributed by atoms with van der Waals surface area (Å²) >= 11 is 0. The Hall–Kier alpha value is -2.12. The third-order valence-corrected chi connectivity index (χ3v) is 2.49. The Labute approximate surface area is 124 Å². The number of rotatable bonds is 7. The number of alkyl halides is 3. The fraction of sp³-hybridized carbons (Fsp3) is 0.429. The lowest BCUT2D eigenvalue weighted by molar-refractivity contribution is -0.275. The number of ketones is 1. The van der Waals surface area contributed by atoms with E-state index < -0.39 is 23.9 Å². The van der Waals surface area contributed by atoms with Gasteiger partial charge in [0, 0.05) is 0 Å². The Morgan fingerprint density at radius 2 is 1.91 bits per heavy atom. The van der Waals surface area contributed by atoms with Crippen molar-refractivity contribution in [2.75, 3.05) is 6.61 Å². The van der Waals surface area contributed by atoms with Crippen molar-refractivity contribution in [1.82, 2.24) is 0 Å². The molecule has 0 heterocycles. The molecule has 0 radical (unpaired) electrons. The molecule has 0 unspecified atom stereocenters. The molecule has 0 bridgehead atoms. The summed E-state index contributed by atoms with van der Waals surface area (Å²) in [5.74, 6) is -3.00. The number of carbonyl (C=O) groups excluding carboxylic acids is 2. The molecule has 0 amide bonds. The lowest BCUT2D eigenvalue weighted by Crippen LogP contribution is -2.18. The highest BCUT2D eigenvalue weighted by Gasteiger charge is 2.32. The van der Waals surface area contributed by atoms with Gasteiger partial charge in [-0.3, -0.25) is 9.59 Å². The number of aryl methyl sites for hydroxylation is 1. The first kappa shape index (κ1) is 17.9. The van der Waals surface area contributed by atoms with E-state index in [9.17, 15) is 27.2 Å². The second-order valence-electron chi connectivity index (χ2n) is 4.52. The summed E-state index contributed by atoms with van der Waals surface area (Å²) in [5.41, 5.74) is 0.406. The van der Waals surface area contributed by atoms with E-state index >= 15 is 0 Å². The van der Waals surface area contributed by atoms with Gasteiger partial charge in [0.05, 0.1) is 6.61 Å². The van der Waals surface area contributed by atoms with Crippen LogP contribution in [-0.2, 0) is 20.7 Å². The Bertz CT molecular complexity index is 540. The molecular weight excluding hydrogens is 308 g/mol. The zero-order valence-electron chi connectivity index (χ0n) is 11.7. The number of ether oxygens (including phenoxy) is 2. The normalized spacial score (nSPS) is 11.1. The SMILES string of the molecule is CC(=O)CC(=O)OCCCc1ccc(F)c(OC(F)(F)F)c1. The van der Waals surface area contributed by atoms with E-state index in [1.54, 1.807) is 0 Å². The fourth-order valence-electron chi connectivity index (χ4n) is 1.62. The average Bonchev–Trinajstić information content (AvgIpc) is 2.36. The van der Waals surface area contributed by atoms with Gasteiger partial charge >= 0.3 is 12.3 Å². The maximum atomic E-state index is 13.2. The fourth-order valence-corrected chi connectivity index (χ4v) is 1.62. The standard InChI is InChI=1S/C14H14F4O4/c1-9(19)7-13(20)21-6-2-3-10-4-5-11(15)12(8-10)22-14(16,17)18/h4-5,8H,2-3,6-7H2,1H3. The summed E-state index contributed by atoms with van der Waals surface area (Å²) in [4.78, 5) is 21.7. The van der Waals surface area contributed by atoms with Crippen LogP contribution in [0.1, 0.15) is 25.3 Å². The minimum Gasteiger partial charge on any atom is -0.465 e. The van der Waals surface area contributed by atoms with Gasteiger partial charge in [0.25, 0.3) is 0 Å². The van der Waals surface area contributed by atoms with Crippen molar-refractivity contribution in [1.29, 1.82) is 0 Å². The Balaban J connectivity index is 2.48. The Morgan fingerprint density at radius 1 is 1.23 bits per heavy atom. The van der Waals surface area contributed by atoms with Crippen molar-refractivity contribution >= 4 is 11.8 Å². The first-order chi connectivity index (χ1) is 10.2. The molecule has 0 spiro atoms. The molecular formula is C14H14F4O4. The molecule has 22 heavy (non-hydrogen) atoms. The third-order valence-electron chi connectivity index (χ3n) is 2.49. The smallest absolute Gasteiger partial charge is 0.465 e. The van der Waals surface area contributed by atoms with Gasteiger partial charge < -0.3 is 9.47 Å². The van der Waals surface area contributed by atoms with E-state index in [-0.39, 0.29) is 25.2 Å². The maximum Gasteiger partial charge on any atom is 0.573 e. The monoisotopic (exact) mass is 322 g/mol. The van der Waals surface area contributed by atoms with Crippen molar-refractivity contribution in [2.45, 2.75) is 32.5 Å². The molecule has 0 saturated heterocycles. The largest absolute Gasteiger partial charge is 0.573 e. The van der Waals surface area contributed by atoms with E-state index in [1.165, 1.54) is 13.0 Å². The zero-order valence-corrected chi connectivity index (χ0v) is 11.7. The molecule has 1 rings (SSSR count). The van der Waals surface area contributed by atoms with Crippen molar-refractivity contribution in [3.63, 3.8) is 0 Å². The molecule has 0 aliphatic heterocycles. The zero-order chi connectivity index (χ0) is 16.8. The van der Waals surface area contributed by atoms with Crippen molar-refractivity contribution < 1.29 is 36.6 Å². The lowest BCUT2D eigenvalue weighted by atomic mass is 10.1. The number of esters is 1. The summed E-state index contributed by atoms with van der Waals surface area (Å²) < 4.78 is 57.8. The molecule has 4 nitrogen and oxygen atoms in total. The molecule has 8 heteroatoms. The Kier molecular flexibility index (Phi) is 6.33. The van der Waals surface area contributed by atoms with Gasteiger partial charge in [0.2, 0.25) is 0 Å². The molecule has 122 valence electrons. The second-order valence-corrected chi connectivity index (χ2v) is 4.52. The van der Waals surface area contributed by atoms with Crippen LogP contribution in [0.25, 0.3) is 0 Å². The van der Waals surface area contributed by atoms with Crippen LogP contribution >= 0.6 is 0 Å².